The second-order valence-electron chi connectivity index (χ2n) is 7.34. The van der Waals surface area contributed by atoms with E-state index in [1.807, 2.05) is 57.7 Å². The molecule has 31 heavy (non-hydrogen) atoms. The first-order chi connectivity index (χ1) is 14.7. The van der Waals surface area contributed by atoms with E-state index in [1.54, 1.807) is 32.1 Å². The molecule has 1 aliphatic heterocycles. The minimum atomic E-state index is -0.877. The second-order valence-corrected chi connectivity index (χ2v) is 9.13. The smallest absolute Gasteiger partial charge is 0.444 e. The lowest BCUT2D eigenvalue weighted by molar-refractivity contribution is -0.124. The molecular formula is C22H35AlN3O4S. The number of primary amides is 1. The van der Waals surface area contributed by atoms with Crippen LogP contribution in [0.3, 0.4) is 0 Å². The van der Waals surface area contributed by atoms with E-state index in [1.165, 1.54) is 4.90 Å². The number of nitrogens with one attached hydrogen (secondary N) is 1. The number of rotatable bonds is 4. The summed E-state index contributed by atoms with van der Waals surface area (Å²) in [4.78, 5) is 27.6. The van der Waals surface area contributed by atoms with Gasteiger partial charge in [0.25, 0.3) is 0 Å². The molecule has 1 aromatic heterocycles. The van der Waals surface area contributed by atoms with Crippen molar-refractivity contribution in [3.05, 3.63) is 34.7 Å². The van der Waals surface area contributed by atoms with E-state index >= 15 is 0 Å². The van der Waals surface area contributed by atoms with E-state index in [2.05, 4.69) is 5.48 Å². The first kappa shape index (κ1) is 27.4. The summed E-state index contributed by atoms with van der Waals surface area (Å²) in [7, 11) is 0. The first-order valence-electron chi connectivity index (χ1n) is 10.7. The van der Waals surface area contributed by atoms with Gasteiger partial charge in [-0.25, -0.2) is 10.3 Å². The SMILES string of the molecule is CC.CC.[CH3][Al][O]NC1CN(C(=O)OC(C)(C)C)C(C(N)=O)c2c1sc1ccccc21. The van der Waals surface area contributed by atoms with E-state index in [-0.39, 0.29) is 28.1 Å². The van der Waals surface area contributed by atoms with Crippen molar-refractivity contribution in [3.8, 4) is 0 Å². The Hall–Kier alpha value is -1.63. The molecule has 0 spiro atoms. The minimum Gasteiger partial charge on any atom is -0.444 e. The lowest BCUT2D eigenvalue weighted by Crippen LogP contribution is -2.50. The highest BCUT2D eigenvalue weighted by Crippen LogP contribution is 2.45. The summed E-state index contributed by atoms with van der Waals surface area (Å²) < 4.78 is 12.1. The molecule has 3 N–H and O–H groups in total. The minimum absolute atomic E-state index is 0.222. The Labute approximate surface area is 196 Å². The summed E-state index contributed by atoms with van der Waals surface area (Å²) in [5, 5.41) is 0.921. The maximum atomic E-state index is 12.9. The van der Waals surface area contributed by atoms with Gasteiger partial charge in [-0.15, -0.1) is 11.3 Å². The van der Waals surface area contributed by atoms with Gasteiger partial charge in [-0.05, 0) is 32.2 Å². The molecule has 0 saturated carbocycles. The van der Waals surface area contributed by atoms with Crippen molar-refractivity contribution in [3.63, 3.8) is 0 Å². The van der Waals surface area contributed by atoms with Crippen molar-refractivity contribution < 1.29 is 18.2 Å². The number of hydrogen-bond donors (Lipinski definition) is 2. The van der Waals surface area contributed by atoms with Gasteiger partial charge in [0, 0.05) is 21.7 Å². The summed E-state index contributed by atoms with van der Waals surface area (Å²) in [5.74, 6) is 1.38. The average Bonchev–Trinajstić information content (AvgIpc) is 3.12. The van der Waals surface area contributed by atoms with Crippen LogP contribution in [-0.4, -0.2) is 44.6 Å². The number of nitrogens with two attached hydrogens (primary N) is 1. The van der Waals surface area contributed by atoms with E-state index in [0.29, 0.717) is 0 Å². The highest BCUT2D eigenvalue weighted by molar-refractivity contribution is 7.19. The third kappa shape index (κ3) is 6.67. The normalized spacial score (nSPS) is 17.5. The van der Waals surface area contributed by atoms with Crippen LogP contribution >= 0.6 is 11.3 Å². The van der Waals surface area contributed by atoms with Crippen molar-refractivity contribution in [2.45, 2.75) is 71.9 Å². The molecule has 1 aromatic carbocycles. The zero-order valence-corrected chi connectivity index (χ0v) is 21.8. The molecule has 2 atom stereocenters. The van der Waals surface area contributed by atoms with Crippen LogP contribution < -0.4 is 11.2 Å². The van der Waals surface area contributed by atoms with Crippen LogP contribution in [0.25, 0.3) is 10.1 Å². The fraction of sp³-hybridized carbons (Fsp3) is 0.545. The third-order valence-electron chi connectivity index (χ3n) is 4.17. The molecule has 0 fully saturated rings. The monoisotopic (exact) mass is 464 g/mol. The van der Waals surface area contributed by atoms with Gasteiger partial charge in [-0.3, -0.25) is 9.69 Å². The van der Waals surface area contributed by atoms with Crippen LogP contribution in [0.15, 0.2) is 24.3 Å². The Morgan fingerprint density at radius 1 is 1.19 bits per heavy atom. The van der Waals surface area contributed by atoms with Crippen molar-refractivity contribution in [2.75, 3.05) is 6.54 Å². The van der Waals surface area contributed by atoms with E-state index in [9.17, 15) is 9.59 Å². The van der Waals surface area contributed by atoms with Crippen molar-refractivity contribution in [1.29, 1.82) is 0 Å². The summed E-state index contributed by atoms with van der Waals surface area (Å²) >= 11 is 1.36. The third-order valence-corrected chi connectivity index (χ3v) is 5.84. The fourth-order valence-electron chi connectivity index (χ4n) is 3.20. The fourth-order valence-corrected chi connectivity index (χ4v) is 4.77. The van der Waals surface area contributed by atoms with Gasteiger partial charge in [0.1, 0.15) is 11.6 Å². The van der Waals surface area contributed by atoms with Gasteiger partial charge in [0.15, 0.2) is 0 Å². The number of ether oxygens (including phenoxy) is 1. The molecule has 1 aliphatic rings. The van der Waals surface area contributed by atoms with E-state index in [4.69, 9.17) is 14.4 Å². The number of thiophene rings is 1. The second kappa shape index (κ2) is 12.4. The Morgan fingerprint density at radius 3 is 2.35 bits per heavy atom. The lowest BCUT2D eigenvalue weighted by Gasteiger charge is -2.39. The molecular weight excluding hydrogens is 429 g/mol. The topological polar surface area (TPSA) is 93.9 Å². The van der Waals surface area contributed by atoms with Gasteiger partial charge in [-0.1, -0.05) is 51.7 Å². The maximum Gasteiger partial charge on any atom is 0.453 e. The Kier molecular flexibility index (Phi) is 11.0. The van der Waals surface area contributed by atoms with E-state index in [0.717, 1.165) is 20.5 Å². The Bertz CT molecular complexity index is 866. The predicted octanol–water partition coefficient (Wildman–Crippen LogP) is 4.96. The molecule has 171 valence electrons. The van der Waals surface area contributed by atoms with Crippen molar-refractivity contribution >= 4 is 49.0 Å². The van der Waals surface area contributed by atoms with Gasteiger partial charge in [-0.2, -0.15) is 0 Å². The number of hydroxylamine groups is 1. The van der Waals surface area contributed by atoms with E-state index < -0.39 is 23.6 Å². The Balaban J connectivity index is 0.00000113. The van der Waals surface area contributed by atoms with Crippen LogP contribution in [0.2, 0.25) is 5.79 Å². The van der Waals surface area contributed by atoms with Crippen LogP contribution in [0.5, 0.6) is 0 Å². The first-order valence-corrected chi connectivity index (χ1v) is 13.2. The Morgan fingerprint density at radius 2 is 1.81 bits per heavy atom. The molecule has 2 unspecified atom stereocenters. The number of nitrogens with zero attached hydrogens (tertiary/aromatic N) is 1. The maximum absolute atomic E-state index is 12.9. The standard InChI is InChI=1S/C17H20N3O4S.2C2H6.CH3.Al/c1-17(2,3)24-16(22)20-8-10(19-23)14-12(13(20)15(18)21)9-6-4-5-7-11(9)25-14;2*1-2;;/h4-7,10,13,19H,8H2,1-3H3,(H2,18,21);2*1-2H3;1H3;/q-1;;;;+1. The number of carbonyl (C=O) groups excluding carboxylic acids is 2. The predicted molar refractivity (Wildman–Crippen MR) is 128 cm³/mol. The van der Waals surface area contributed by atoms with Crippen molar-refractivity contribution in [2.24, 2.45) is 5.73 Å². The molecule has 3 rings (SSSR count). The average molecular weight is 465 g/mol. The van der Waals surface area contributed by atoms with Gasteiger partial charge in [0.05, 0.1) is 6.04 Å². The molecule has 1 radical (unpaired) electrons. The molecule has 2 aromatic rings. The van der Waals surface area contributed by atoms with Gasteiger partial charge in [0.2, 0.25) is 5.91 Å². The van der Waals surface area contributed by atoms with Crippen LogP contribution in [-0.2, 0) is 13.4 Å². The lowest BCUT2D eigenvalue weighted by atomic mass is 9.94. The summed E-state index contributed by atoms with van der Waals surface area (Å²) in [6.07, 6.45) is -0.567. The molecule has 7 nitrogen and oxygen atoms in total. The zero-order valence-electron chi connectivity index (χ0n) is 19.8. The van der Waals surface area contributed by atoms with Crippen molar-refractivity contribution in [1.82, 2.24) is 10.4 Å². The summed E-state index contributed by atoms with van der Waals surface area (Å²) in [6, 6.07) is 6.67. The van der Waals surface area contributed by atoms with Crippen LogP contribution in [0, 0.1) is 0 Å². The summed E-state index contributed by atoms with van der Waals surface area (Å²) in [6.45, 7) is 13.6. The quantitative estimate of drug-likeness (QED) is 0.493. The number of benzene rings is 1. The highest BCUT2D eigenvalue weighted by Gasteiger charge is 2.43. The number of fused-ring (bicyclic) bond motifs is 3. The van der Waals surface area contributed by atoms with Gasteiger partial charge >= 0.3 is 21.6 Å². The zero-order chi connectivity index (χ0) is 23.8. The number of amides is 2. The number of hydrogen-bond acceptors (Lipinski definition) is 6. The highest BCUT2D eigenvalue weighted by atomic mass is 32.1. The molecule has 0 bridgehead atoms. The largest absolute Gasteiger partial charge is 0.453 e. The molecule has 2 heterocycles. The number of carbonyl (C=O) groups is 2. The summed E-state index contributed by atoms with van der Waals surface area (Å²) in [5.41, 5.74) is 8.86. The molecule has 0 saturated heterocycles. The van der Waals surface area contributed by atoms with Crippen LogP contribution in [0.1, 0.15) is 71.0 Å². The molecule has 9 heteroatoms. The van der Waals surface area contributed by atoms with Gasteiger partial charge < -0.3 is 14.4 Å². The molecule has 0 aliphatic carbocycles. The molecule has 2 amide bonds. The van der Waals surface area contributed by atoms with Crippen LogP contribution in [0.4, 0.5) is 4.79 Å².